The third kappa shape index (κ3) is 3.75. The highest BCUT2D eigenvalue weighted by Gasteiger charge is 2.36. The standard InChI is InChI=1S/C18H25N3O4S/c1-11-10-18(3,4)20(22)15-6-5-13(9-14(11)15)17-19-12(2)16(26-17)7-8-25-21(23)24/h5-6,9,11,22-24H,7-8,10H2,1-4H3. The maximum atomic E-state index is 10.5. The largest absolute Gasteiger partial charge is 0.288 e. The molecule has 1 aromatic heterocycles. The van der Waals surface area contributed by atoms with Gasteiger partial charge in [-0.2, -0.15) is 0 Å². The minimum absolute atomic E-state index is 0.158. The second-order valence-corrected chi connectivity index (χ2v) is 8.45. The number of nitrogens with zero attached hydrogens (tertiary/aromatic N) is 3. The van der Waals surface area contributed by atoms with Crippen LogP contribution in [-0.2, 0) is 11.3 Å². The first-order chi connectivity index (χ1) is 12.2. The van der Waals surface area contributed by atoms with Crippen molar-refractivity contribution in [1.82, 2.24) is 10.4 Å². The van der Waals surface area contributed by atoms with E-state index in [0.717, 1.165) is 38.8 Å². The Bertz CT molecular complexity index is 791. The molecule has 26 heavy (non-hydrogen) atoms. The normalized spacial score (nSPS) is 19.1. The lowest BCUT2D eigenvalue weighted by atomic mass is 9.81. The summed E-state index contributed by atoms with van der Waals surface area (Å²) in [4.78, 5) is 10.3. The van der Waals surface area contributed by atoms with Gasteiger partial charge in [0.15, 0.2) is 0 Å². The average molecular weight is 379 g/mol. The molecule has 7 nitrogen and oxygen atoms in total. The number of rotatable bonds is 5. The average Bonchev–Trinajstić information content (AvgIpc) is 2.93. The van der Waals surface area contributed by atoms with Gasteiger partial charge < -0.3 is 0 Å². The van der Waals surface area contributed by atoms with Crippen LogP contribution in [0.3, 0.4) is 0 Å². The fourth-order valence-electron chi connectivity index (χ4n) is 3.55. The zero-order valence-electron chi connectivity index (χ0n) is 15.4. The Morgan fingerprint density at radius 3 is 2.81 bits per heavy atom. The van der Waals surface area contributed by atoms with Crippen molar-refractivity contribution in [2.75, 3.05) is 11.7 Å². The lowest BCUT2D eigenvalue weighted by Crippen LogP contribution is -2.46. The molecule has 1 aliphatic heterocycles. The summed E-state index contributed by atoms with van der Waals surface area (Å²) in [5.41, 5.74) is 3.62. The topological polar surface area (TPSA) is 89.3 Å². The number of thiazole rings is 1. The van der Waals surface area contributed by atoms with Crippen LogP contribution in [0.5, 0.6) is 0 Å². The van der Waals surface area contributed by atoms with Crippen LogP contribution < -0.4 is 5.06 Å². The summed E-state index contributed by atoms with van der Waals surface area (Å²) in [6.07, 6.45) is 1.42. The summed E-state index contributed by atoms with van der Waals surface area (Å²) >= 11 is 1.57. The highest BCUT2D eigenvalue weighted by atomic mass is 32.1. The summed E-state index contributed by atoms with van der Waals surface area (Å²) in [6, 6.07) is 6.05. The third-order valence-corrected chi connectivity index (χ3v) is 6.11. The number of anilines is 1. The molecule has 1 unspecified atom stereocenters. The highest BCUT2D eigenvalue weighted by Crippen LogP contribution is 2.44. The van der Waals surface area contributed by atoms with E-state index in [1.165, 1.54) is 5.06 Å². The monoisotopic (exact) mass is 379 g/mol. The number of aromatic nitrogens is 1. The van der Waals surface area contributed by atoms with Crippen molar-refractivity contribution in [3.63, 3.8) is 0 Å². The molecule has 3 rings (SSSR count). The van der Waals surface area contributed by atoms with Gasteiger partial charge in [-0.1, -0.05) is 6.92 Å². The van der Waals surface area contributed by atoms with Crippen LogP contribution in [0.4, 0.5) is 5.69 Å². The Balaban J connectivity index is 1.86. The van der Waals surface area contributed by atoms with Crippen molar-refractivity contribution in [3.8, 4) is 10.6 Å². The summed E-state index contributed by atoms with van der Waals surface area (Å²) < 4.78 is 0. The molecule has 0 fully saturated rings. The van der Waals surface area contributed by atoms with E-state index < -0.39 is 0 Å². The van der Waals surface area contributed by atoms with Crippen LogP contribution in [0.2, 0.25) is 0 Å². The molecular weight excluding hydrogens is 354 g/mol. The molecule has 0 amide bonds. The molecule has 0 saturated heterocycles. The molecule has 2 aromatic rings. The molecule has 0 aliphatic carbocycles. The van der Waals surface area contributed by atoms with E-state index in [1.807, 2.05) is 32.9 Å². The van der Waals surface area contributed by atoms with Gasteiger partial charge >= 0.3 is 0 Å². The van der Waals surface area contributed by atoms with Crippen molar-refractivity contribution in [2.24, 2.45) is 0 Å². The van der Waals surface area contributed by atoms with Gasteiger partial charge in [0.1, 0.15) is 5.01 Å². The Hall–Kier alpha value is -1.55. The van der Waals surface area contributed by atoms with Gasteiger partial charge in [-0.25, -0.2) is 4.98 Å². The lowest BCUT2D eigenvalue weighted by Gasteiger charge is -2.43. The van der Waals surface area contributed by atoms with Crippen LogP contribution in [0, 0.1) is 6.92 Å². The number of hydroxylamine groups is 1. The highest BCUT2D eigenvalue weighted by molar-refractivity contribution is 7.15. The van der Waals surface area contributed by atoms with Gasteiger partial charge in [0, 0.05) is 16.9 Å². The van der Waals surface area contributed by atoms with E-state index in [4.69, 9.17) is 10.4 Å². The van der Waals surface area contributed by atoms with Gasteiger partial charge in [0.25, 0.3) is 0 Å². The predicted octanol–water partition coefficient (Wildman–Crippen LogP) is 4.15. The smallest absolute Gasteiger partial charge is 0.123 e. The van der Waals surface area contributed by atoms with E-state index in [0.29, 0.717) is 12.3 Å². The van der Waals surface area contributed by atoms with Gasteiger partial charge in [0.2, 0.25) is 0 Å². The fourth-order valence-corrected chi connectivity index (χ4v) is 4.59. The molecule has 0 saturated carbocycles. The molecule has 142 valence electrons. The number of benzene rings is 1. The van der Waals surface area contributed by atoms with Crippen molar-refractivity contribution < 1.29 is 20.5 Å². The molecule has 1 aromatic carbocycles. The van der Waals surface area contributed by atoms with Crippen molar-refractivity contribution in [1.29, 1.82) is 0 Å². The van der Waals surface area contributed by atoms with Crippen molar-refractivity contribution in [2.45, 2.75) is 52.0 Å². The van der Waals surface area contributed by atoms with E-state index >= 15 is 0 Å². The molecular formula is C18H25N3O4S. The van der Waals surface area contributed by atoms with E-state index in [9.17, 15) is 5.21 Å². The molecule has 0 radical (unpaired) electrons. The predicted molar refractivity (Wildman–Crippen MR) is 98.7 cm³/mol. The van der Waals surface area contributed by atoms with Crippen molar-refractivity contribution in [3.05, 3.63) is 34.3 Å². The van der Waals surface area contributed by atoms with Crippen LogP contribution in [0.25, 0.3) is 10.6 Å². The minimum atomic E-state index is -0.286. The molecule has 1 aliphatic rings. The van der Waals surface area contributed by atoms with Crippen LogP contribution in [0.1, 0.15) is 49.2 Å². The summed E-state index contributed by atoms with van der Waals surface area (Å²) in [6.45, 7) is 8.36. The molecule has 0 spiro atoms. The maximum absolute atomic E-state index is 10.5. The van der Waals surface area contributed by atoms with Gasteiger partial charge in [-0.05, 0) is 56.9 Å². The zero-order valence-corrected chi connectivity index (χ0v) is 16.2. The van der Waals surface area contributed by atoms with Gasteiger partial charge in [-0.3, -0.25) is 25.5 Å². The number of hydrogen-bond donors (Lipinski definition) is 3. The summed E-state index contributed by atoms with van der Waals surface area (Å²) in [7, 11) is 0. The third-order valence-electron chi connectivity index (χ3n) is 4.84. The second-order valence-electron chi connectivity index (χ2n) is 7.37. The fraction of sp³-hybridized carbons (Fsp3) is 0.500. The first-order valence-corrected chi connectivity index (χ1v) is 9.41. The Labute approximate surface area is 156 Å². The molecule has 8 heteroatoms. The lowest BCUT2D eigenvalue weighted by molar-refractivity contribution is -0.492. The van der Waals surface area contributed by atoms with Gasteiger partial charge in [0.05, 0.1) is 28.9 Å². The van der Waals surface area contributed by atoms with E-state index in [2.05, 4.69) is 22.8 Å². The first-order valence-electron chi connectivity index (χ1n) is 8.59. The van der Waals surface area contributed by atoms with Crippen LogP contribution >= 0.6 is 11.3 Å². The summed E-state index contributed by atoms with van der Waals surface area (Å²) in [5, 5.41) is 29.7. The van der Waals surface area contributed by atoms with Gasteiger partial charge in [-0.15, -0.1) is 11.3 Å². The second kappa shape index (κ2) is 7.22. The zero-order chi connectivity index (χ0) is 19.1. The maximum Gasteiger partial charge on any atom is 0.123 e. The molecule has 3 N–H and O–H groups in total. The minimum Gasteiger partial charge on any atom is -0.288 e. The van der Waals surface area contributed by atoms with Crippen LogP contribution in [-0.4, -0.2) is 38.1 Å². The molecule has 2 heterocycles. The Morgan fingerprint density at radius 1 is 1.38 bits per heavy atom. The molecule has 1 atom stereocenters. The Morgan fingerprint density at radius 2 is 2.12 bits per heavy atom. The first kappa shape index (κ1) is 19.2. The number of hydrogen-bond acceptors (Lipinski definition) is 8. The van der Waals surface area contributed by atoms with Crippen LogP contribution in [0.15, 0.2) is 18.2 Å². The number of aryl methyl sites for hydroxylation is 1. The number of fused-ring (bicyclic) bond motifs is 1. The van der Waals surface area contributed by atoms with E-state index in [1.54, 1.807) is 11.3 Å². The van der Waals surface area contributed by atoms with E-state index in [-0.39, 0.29) is 17.5 Å². The SMILES string of the molecule is Cc1nc(-c2ccc3c(c2)C(C)CC(C)(C)N3O)sc1CCON(O)O. The summed E-state index contributed by atoms with van der Waals surface area (Å²) in [5.74, 6) is 0.345. The van der Waals surface area contributed by atoms with Crippen molar-refractivity contribution >= 4 is 17.0 Å². The molecule has 0 bridgehead atoms. The Kier molecular flexibility index (Phi) is 5.34. The quantitative estimate of drug-likeness (QED) is 0.672.